The maximum Gasteiger partial charge on any atom is 0.253 e. The van der Waals surface area contributed by atoms with Gasteiger partial charge < -0.3 is 10.2 Å². The molecule has 1 atom stereocenters. The molecule has 0 spiro atoms. The van der Waals surface area contributed by atoms with E-state index in [4.69, 9.17) is 0 Å². The molecule has 2 fully saturated rings. The van der Waals surface area contributed by atoms with Crippen LogP contribution in [0.15, 0.2) is 48.5 Å². The lowest BCUT2D eigenvalue weighted by Gasteiger charge is -2.33. The van der Waals surface area contributed by atoms with E-state index in [0.717, 1.165) is 55.3 Å². The third-order valence-corrected chi connectivity index (χ3v) is 6.63. The summed E-state index contributed by atoms with van der Waals surface area (Å²) in [5, 5.41) is 3.18. The number of aryl methyl sites for hydroxylation is 1. The molecule has 4 rings (SSSR count). The average Bonchev–Trinajstić information content (AvgIpc) is 3.32. The molecule has 0 unspecified atom stereocenters. The van der Waals surface area contributed by atoms with Gasteiger partial charge in [0.2, 0.25) is 0 Å². The van der Waals surface area contributed by atoms with Gasteiger partial charge in [0.05, 0.1) is 0 Å². The molecule has 30 heavy (non-hydrogen) atoms. The smallest absolute Gasteiger partial charge is 0.253 e. The number of carbonyl (C=O) groups excluding carboxylic acids is 2. The number of benzene rings is 2. The van der Waals surface area contributed by atoms with E-state index >= 15 is 0 Å². The van der Waals surface area contributed by atoms with Crippen molar-refractivity contribution in [3.05, 3.63) is 70.8 Å². The van der Waals surface area contributed by atoms with Crippen LogP contribution < -0.4 is 5.32 Å². The van der Waals surface area contributed by atoms with Gasteiger partial charge in [0.1, 0.15) is 0 Å². The molecule has 4 heteroatoms. The van der Waals surface area contributed by atoms with Crippen molar-refractivity contribution in [3.63, 3.8) is 0 Å². The van der Waals surface area contributed by atoms with Crippen molar-refractivity contribution >= 4 is 11.8 Å². The van der Waals surface area contributed by atoms with E-state index in [1.807, 2.05) is 47.4 Å². The molecular formula is C26H32N2O2. The molecule has 158 valence electrons. The predicted octanol–water partition coefficient (Wildman–Crippen LogP) is 4.94. The Kier molecular flexibility index (Phi) is 6.51. The Labute approximate surface area is 179 Å². The highest BCUT2D eigenvalue weighted by atomic mass is 16.2. The van der Waals surface area contributed by atoms with Gasteiger partial charge in [-0.25, -0.2) is 0 Å². The Bertz CT molecular complexity index is 884. The zero-order valence-electron chi connectivity index (χ0n) is 17.9. The third kappa shape index (κ3) is 4.75. The molecule has 1 aliphatic carbocycles. The summed E-state index contributed by atoms with van der Waals surface area (Å²) in [5.74, 6) is 0.415. The van der Waals surface area contributed by atoms with Gasteiger partial charge >= 0.3 is 0 Å². The maximum atomic E-state index is 13.0. The number of piperidine rings is 1. The molecule has 1 aliphatic heterocycles. The van der Waals surface area contributed by atoms with Crippen LogP contribution in [0.5, 0.6) is 0 Å². The van der Waals surface area contributed by atoms with Crippen LogP contribution >= 0.6 is 0 Å². The van der Waals surface area contributed by atoms with Gasteiger partial charge in [-0.15, -0.1) is 0 Å². The summed E-state index contributed by atoms with van der Waals surface area (Å²) in [5.41, 5.74) is 3.90. The van der Waals surface area contributed by atoms with Crippen LogP contribution in [0, 0.1) is 0 Å². The van der Waals surface area contributed by atoms with Crippen LogP contribution in [0.2, 0.25) is 0 Å². The predicted molar refractivity (Wildman–Crippen MR) is 120 cm³/mol. The molecule has 0 radical (unpaired) electrons. The topological polar surface area (TPSA) is 49.4 Å². The molecule has 2 aromatic carbocycles. The minimum absolute atomic E-state index is 0.0310. The fraction of sp³-hybridized carbons (Fsp3) is 0.462. The number of carbonyl (C=O) groups is 2. The molecule has 0 aromatic heterocycles. The van der Waals surface area contributed by atoms with Gasteiger partial charge in [-0.1, -0.05) is 44.0 Å². The van der Waals surface area contributed by atoms with Gasteiger partial charge in [0.15, 0.2) is 0 Å². The quantitative estimate of drug-likeness (QED) is 0.767. The molecule has 0 bridgehead atoms. The summed E-state index contributed by atoms with van der Waals surface area (Å²) in [6, 6.07) is 16.3. The highest BCUT2D eigenvalue weighted by Crippen LogP contribution is 2.28. The van der Waals surface area contributed by atoms with E-state index in [-0.39, 0.29) is 17.7 Å². The van der Waals surface area contributed by atoms with Gasteiger partial charge in [-0.2, -0.15) is 0 Å². The second-order valence-electron chi connectivity index (χ2n) is 8.72. The SMILES string of the molecule is CCc1ccc(C(=O)N2CCC[C@H](c3cccc(C(=O)NC4CCCC4)c3)C2)cc1. The number of nitrogens with zero attached hydrogens (tertiary/aromatic N) is 1. The van der Waals surface area contributed by atoms with Crippen molar-refractivity contribution in [1.82, 2.24) is 10.2 Å². The van der Waals surface area contributed by atoms with E-state index < -0.39 is 0 Å². The fourth-order valence-corrected chi connectivity index (χ4v) is 4.77. The van der Waals surface area contributed by atoms with Crippen molar-refractivity contribution in [2.45, 2.75) is 63.8 Å². The molecular weight excluding hydrogens is 372 g/mol. The van der Waals surface area contributed by atoms with E-state index in [0.29, 0.717) is 12.6 Å². The first-order chi connectivity index (χ1) is 14.6. The summed E-state index contributed by atoms with van der Waals surface area (Å²) in [6.45, 7) is 3.63. The first kappa shape index (κ1) is 20.6. The maximum absolute atomic E-state index is 13.0. The van der Waals surface area contributed by atoms with E-state index in [1.54, 1.807) is 0 Å². The summed E-state index contributed by atoms with van der Waals surface area (Å²) in [7, 11) is 0. The van der Waals surface area contributed by atoms with Crippen LogP contribution in [-0.2, 0) is 6.42 Å². The minimum Gasteiger partial charge on any atom is -0.349 e. The largest absolute Gasteiger partial charge is 0.349 e. The Balaban J connectivity index is 1.43. The van der Waals surface area contributed by atoms with E-state index in [2.05, 4.69) is 18.3 Å². The van der Waals surface area contributed by atoms with E-state index in [9.17, 15) is 9.59 Å². The highest BCUT2D eigenvalue weighted by Gasteiger charge is 2.26. The lowest BCUT2D eigenvalue weighted by atomic mass is 9.89. The zero-order chi connectivity index (χ0) is 20.9. The Morgan fingerprint density at radius 2 is 1.73 bits per heavy atom. The van der Waals surface area contributed by atoms with E-state index in [1.165, 1.54) is 18.4 Å². The monoisotopic (exact) mass is 404 g/mol. The summed E-state index contributed by atoms with van der Waals surface area (Å²) in [6.07, 6.45) is 7.60. The number of nitrogens with one attached hydrogen (secondary N) is 1. The molecule has 2 amide bonds. The molecule has 2 aromatic rings. The molecule has 1 heterocycles. The van der Waals surface area contributed by atoms with Crippen LogP contribution in [0.1, 0.15) is 83.2 Å². The Morgan fingerprint density at radius 3 is 2.47 bits per heavy atom. The first-order valence-electron chi connectivity index (χ1n) is 11.4. The normalized spacial score (nSPS) is 19.6. The Morgan fingerprint density at radius 1 is 0.967 bits per heavy atom. The first-order valence-corrected chi connectivity index (χ1v) is 11.4. The van der Waals surface area contributed by atoms with Crippen molar-refractivity contribution in [1.29, 1.82) is 0 Å². The molecule has 4 nitrogen and oxygen atoms in total. The fourth-order valence-electron chi connectivity index (χ4n) is 4.77. The standard InChI is InChI=1S/C26H32N2O2/c1-2-19-12-14-20(15-13-19)26(30)28-16-6-9-23(18-28)21-7-5-8-22(17-21)25(29)27-24-10-3-4-11-24/h5,7-8,12-15,17,23-24H,2-4,6,9-11,16,18H2,1H3,(H,27,29)/t23-/m0/s1. The van der Waals surface area contributed by atoms with Crippen molar-refractivity contribution in [2.24, 2.45) is 0 Å². The van der Waals surface area contributed by atoms with Crippen molar-refractivity contribution in [3.8, 4) is 0 Å². The molecule has 1 saturated carbocycles. The number of hydrogen-bond donors (Lipinski definition) is 1. The number of amides is 2. The average molecular weight is 405 g/mol. The Hall–Kier alpha value is -2.62. The summed E-state index contributed by atoms with van der Waals surface area (Å²) in [4.78, 5) is 27.6. The van der Waals surface area contributed by atoms with Crippen molar-refractivity contribution < 1.29 is 9.59 Å². The third-order valence-electron chi connectivity index (χ3n) is 6.63. The minimum atomic E-state index is 0.0310. The van der Waals surface area contributed by atoms with Crippen LogP contribution in [0.3, 0.4) is 0 Å². The van der Waals surface area contributed by atoms with Gasteiger partial charge in [-0.05, 0) is 67.5 Å². The highest BCUT2D eigenvalue weighted by molar-refractivity contribution is 5.95. The van der Waals surface area contributed by atoms with Crippen LogP contribution in [0.25, 0.3) is 0 Å². The molecule has 1 saturated heterocycles. The van der Waals surface area contributed by atoms with Gasteiger partial charge in [-0.3, -0.25) is 9.59 Å². The lowest BCUT2D eigenvalue weighted by Crippen LogP contribution is -2.39. The second kappa shape index (κ2) is 9.46. The number of hydrogen-bond acceptors (Lipinski definition) is 2. The number of likely N-dealkylation sites (tertiary alicyclic amines) is 1. The zero-order valence-corrected chi connectivity index (χ0v) is 17.9. The van der Waals surface area contributed by atoms with Gasteiger partial charge in [0, 0.05) is 36.2 Å². The number of rotatable bonds is 5. The summed E-state index contributed by atoms with van der Waals surface area (Å²) >= 11 is 0. The van der Waals surface area contributed by atoms with Gasteiger partial charge in [0.25, 0.3) is 11.8 Å². The lowest BCUT2D eigenvalue weighted by molar-refractivity contribution is 0.0706. The second-order valence-corrected chi connectivity index (χ2v) is 8.72. The van der Waals surface area contributed by atoms with Crippen LogP contribution in [0.4, 0.5) is 0 Å². The summed E-state index contributed by atoms with van der Waals surface area (Å²) < 4.78 is 0. The van der Waals surface area contributed by atoms with Crippen LogP contribution in [-0.4, -0.2) is 35.8 Å². The molecule has 2 aliphatic rings. The van der Waals surface area contributed by atoms with Crippen molar-refractivity contribution in [2.75, 3.05) is 13.1 Å². The molecule has 1 N–H and O–H groups in total.